The monoisotopic (exact) mass is 358 g/mol. The first-order chi connectivity index (χ1) is 12.4. The van der Waals surface area contributed by atoms with Gasteiger partial charge in [0.15, 0.2) is 6.61 Å². The number of anilines is 2. The molecule has 0 aromatic heterocycles. The highest BCUT2D eigenvalue weighted by atomic mass is 16.5. The molecule has 4 N–H and O–H groups in total. The molecule has 1 aliphatic heterocycles. The molecule has 3 aliphatic rings. The quantitative estimate of drug-likeness (QED) is 0.750. The van der Waals surface area contributed by atoms with Crippen molar-refractivity contribution < 1.29 is 19.1 Å². The Labute approximate surface area is 151 Å². The molecule has 0 bridgehead atoms. The molecule has 8 heteroatoms. The van der Waals surface area contributed by atoms with E-state index in [0.717, 1.165) is 19.3 Å². The molecule has 0 radical (unpaired) electrons. The van der Waals surface area contributed by atoms with Gasteiger partial charge < -0.3 is 26.0 Å². The van der Waals surface area contributed by atoms with Crippen molar-refractivity contribution in [2.45, 2.75) is 25.3 Å². The van der Waals surface area contributed by atoms with E-state index < -0.39 is 0 Å². The van der Waals surface area contributed by atoms with Gasteiger partial charge in [-0.15, -0.1) is 0 Å². The average Bonchev–Trinajstić information content (AvgIpc) is 2.94. The van der Waals surface area contributed by atoms with Crippen molar-refractivity contribution in [1.82, 2.24) is 5.32 Å². The highest BCUT2D eigenvalue weighted by molar-refractivity contribution is 5.99. The minimum atomic E-state index is -0.290. The Kier molecular flexibility index (Phi) is 3.97. The summed E-state index contributed by atoms with van der Waals surface area (Å²) in [6.07, 6.45) is 2.48. The van der Waals surface area contributed by atoms with Crippen LogP contribution in [0.3, 0.4) is 0 Å². The van der Waals surface area contributed by atoms with E-state index in [9.17, 15) is 14.4 Å². The second-order valence-corrected chi connectivity index (χ2v) is 7.36. The fourth-order valence-corrected chi connectivity index (χ4v) is 4.31. The number of hydrogen-bond donors (Lipinski definition) is 3. The van der Waals surface area contributed by atoms with E-state index in [2.05, 4.69) is 10.6 Å². The number of fused-ring (bicyclic) bond motifs is 2. The third kappa shape index (κ3) is 2.85. The van der Waals surface area contributed by atoms with Gasteiger partial charge in [0.05, 0.1) is 5.69 Å². The van der Waals surface area contributed by atoms with Crippen LogP contribution < -0.4 is 26.0 Å². The molecule has 1 aromatic carbocycles. The molecule has 1 heterocycles. The largest absolute Gasteiger partial charge is 0.482 e. The number of urea groups is 1. The first-order valence-corrected chi connectivity index (χ1v) is 8.82. The van der Waals surface area contributed by atoms with Crippen LogP contribution in [0.5, 0.6) is 5.75 Å². The number of nitrogens with zero attached hydrogens (tertiary/aromatic N) is 1. The lowest BCUT2D eigenvalue weighted by Gasteiger charge is -2.40. The number of benzene rings is 1. The number of rotatable bonds is 3. The first kappa shape index (κ1) is 16.7. The number of carbonyl (C=O) groups excluding carboxylic acids is 3. The van der Waals surface area contributed by atoms with Crippen LogP contribution in [0.2, 0.25) is 0 Å². The minimum Gasteiger partial charge on any atom is -0.482 e. The molecule has 0 saturated heterocycles. The van der Waals surface area contributed by atoms with Crippen molar-refractivity contribution in [3.8, 4) is 5.75 Å². The maximum absolute atomic E-state index is 12.3. The lowest BCUT2D eigenvalue weighted by molar-refractivity contribution is -0.122. The summed E-state index contributed by atoms with van der Waals surface area (Å²) in [5, 5.41) is 5.79. The Morgan fingerprint density at radius 2 is 2.08 bits per heavy atom. The number of nitrogens with one attached hydrogen (secondary N) is 2. The Hall–Kier alpha value is -2.77. The smallest absolute Gasteiger partial charge is 0.319 e. The number of nitrogens with two attached hydrogens (primary N) is 1. The summed E-state index contributed by atoms with van der Waals surface area (Å²) in [6.45, 7) is 0.0211. The third-order valence-electron chi connectivity index (χ3n) is 5.85. The Morgan fingerprint density at radius 1 is 1.27 bits per heavy atom. The zero-order valence-electron chi connectivity index (χ0n) is 14.5. The molecule has 2 aliphatic carbocycles. The van der Waals surface area contributed by atoms with Gasteiger partial charge in [0.1, 0.15) is 5.75 Å². The summed E-state index contributed by atoms with van der Waals surface area (Å²) in [4.78, 5) is 36.9. The van der Waals surface area contributed by atoms with Crippen molar-refractivity contribution in [2.75, 3.05) is 23.9 Å². The Bertz CT molecular complexity index is 780. The number of likely N-dealkylation sites (N-methyl/N-ethyl adjacent to an activating group) is 1. The minimum absolute atomic E-state index is 0.0211. The first-order valence-electron chi connectivity index (χ1n) is 8.82. The Morgan fingerprint density at radius 3 is 2.85 bits per heavy atom. The summed E-state index contributed by atoms with van der Waals surface area (Å²) < 4.78 is 5.38. The average molecular weight is 358 g/mol. The van der Waals surface area contributed by atoms with Gasteiger partial charge in [-0.25, -0.2) is 4.79 Å². The number of hydrogen-bond acceptors (Lipinski definition) is 4. The van der Waals surface area contributed by atoms with Crippen LogP contribution in [0.4, 0.5) is 16.2 Å². The topological polar surface area (TPSA) is 114 Å². The number of carbonyl (C=O) groups is 3. The molecular weight excluding hydrogens is 336 g/mol. The molecule has 4 rings (SSSR count). The predicted octanol–water partition coefficient (Wildman–Crippen LogP) is 1.06. The molecule has 26 heavy (non-hydrogen) atoms. The van der Waals surface area contributed by atoms with E-state index in [1.807, 2.05) is 0 Å². The van der Waals surface area contributed by atoms with E-state index >= 15 is 0 Å². The van der Waals surface area contributed by atoms with Crippen LogP contribution >= 0.6 is 0 Å². The maximum atomic E-state index is 12.3. The normalized spacial score (nSPS) is 29.1. The molecule has 1 aromatic rings. The van der Waals surface area contributed by atoms with Crippen molar-refractivity contribution in [3.63, 3.8) is 0 Å². The van der Waals surface area contributed by atoms with E-state index in [-0.39, 0.29) is 36.4 Å². The second kappa shape index (κ2) is 6.19. The van der Waals surface area contributed by atoms with Crippen LogP contribution in [0.15, 0.2) is 18.2 Å². The van der Waals surface area contributed by atoms with E-state index in [0.29, 0.717) is 29.0 Å². The maximum Gasteiger partial charge on any atom is 0.319 e. The molecule has 0 spiro atoms. The van der Waals surface area contributed by atoms with Crippen molar-refractivity contribution >= 4 is 29.2 Å². The summed E-state index contributed by atoms with van der Waals surface area (Å²) in [5.74, 6) is 0.997. The molecule has 8 nitrogen and oxygen atoms in total. The van der Waals surface area contributed by atoms with Crippen LogP contribution in [-0.2, 0) is 9.59 Å². The van der Waals surface area contributed by atoms with E-state index in [4.69, 9.17) is 10.5 Å². The fourth-order valence-electron chi connectivity index (χ4n) is 4.31. The van der Waals surface area contributed by atoms with Crippen molar-refractivity contribution in [3.05, 3.63) is 18.2 Å². The van der Waals surface area contributed by atoms with Gasteiger partial charge in [0.25, 0.3) is 5.91 Å². The number of ether oxygens (including phenoxy) is 1. The van der Waals surface area contributed by atoms with Crippen LogP contribution in [-0.4, -0.2) is 37.5 Å². The Balaban J connectivity index is 1.36. The van der Waals surface area contributed by atoms with Gasteiger partial charge in [0.2, 0.25) is 5.91 Å². The molecule has 2 saturated carbocycles. The highest BCUT2D eigenvalue weighted by Crippen LogP contribution is 2.49. The number of primary amides is 1. The van der Waals surface area contributed by atoms with E-state index in [1.54, 1.807) is 25.2 Å². The highest BCUT2D eigenvalue weighted by Gasteiger charge is 2.49. The van der Waals surface area contributed by atoms with Gasteiger partial charge in [0, 0.05) is 24.7 Å². The zero-order valence-corrected chi connectivity index (χ0v) is 14.5. The fraction of sp³-hybridized carbons (Fsp3) is 0.500. The second-order valence-electron chi connectivity index (χ2n) is 7.36. The molecule has 138 valence electrons. The van der Waals surface area contributed by atoms with Gasteiger partial charge in [-0.05, 0) is 49.3 Å². The molecular formula is C18H22N4O4. The van der Waals surface area contributed by atoms with Crippen molar-refractivity contribution in [1.29, 1.82) is 0 Å². The molecule has 2 fully saturated rings. The van der Waals surface area contributed by atoms with Gasteiger partial charge in [-0.1, -0.05) is 0 Å². The van der Waals surface area contributed by atoms with Crippen LogP contribution in [0.1, 0.15) is 19.3 Å². The predicted molar refractivity (Wildman–Crippen MR) is 94.8 cm³/mol. The molecule has 4 atom stereocenters. The summed E-state index contributed by atoms with van der Waals surface area (Å²) in [7, 11) is 1.68. The van der Waals surface area contributed by atoms with Crippen molar-refractivity contribution in [2.24, 2.45) is 23.5 Å². The van der Waals surface area contributed by atoms with Gasteiger partial charge in [-0.3, -0.25) is 9.59 Å². The van der Waals surface area contributed by atoms with E-state index in [1.165, 1.54) is 4.90 Å². The van der Waals surface area contributed by atoms with Gasteiger partial charge in [-0.2, -0.15) is 0 Å². The molecule has 4 unspecified atom stereocenters. The SMILES string of the molecule is CN1C(=O)COc2ccc(NC(=O)NC3CC4CC(C(N)=O)CC43)cc21. The summed E-state index contributed by atoms with van der Waals surface area (Å²) >= 11 is 0. The lowest BCUT2D eigenvalue weighted by atomic mass is 9.71. The summed E-state index contributed by atoms with van der Waals surface area (Å²) in [5.41, 5.74) is 6.61. The molecule has 4 amide bonds. The van der Waals surface area contributed by atoms with Crippen LogP contribution in [0, 0.1) is 17.8 Å². The van der Waals surface area contributed by atoms with Crippen LogP contribution in [0.25, 0.3) is 0 Å². The van der Waals surface area contributed by atoms with Gasteiger partial charge >= 0.3 is 6.03 Å². The standard InChI is InChI=1S/C18H22N4O4/c1-22-14-7-11(2-3-15(14)26-8-16(22)23)20-18(25)21-13-6-9-4-10(17(19)24)5-12(9)13/h2-3,7,9-10,12-13H,4-6,8H2,1H3,(H2,19,24)(H2,20,21,25). The summed E-state index contributed by atoms with van der Waals surface area (Å²) in [6, 6.07) is 4.98. The number of amides is 4. The zero-order chi connectivity index (χ0) is 18.4. The third-order valence-corrected chi connectivity index (χ3v) is 5.85. The lowest BCUT2D eigenvalue weighted by Crippen LogP contribution is -2.51.